The van der Waals surface area contributed by atoms with Crippen LogP contribution in [0.25, 0.3) is 5.69 Å². The molecule has 0 spiro atoms. The highest BCUT2D eigenvalue weighted by atomic mass is 79.9. The second-order valence-electron chi connectivity index (χ2n) is 4.33. The summed E-state index contributed by atoms with van der Waals surface area (Å²) in [5.41, 5.74) is -0.229. The topological polar surface area (TPSA) is 50.9 Å². The van der Waals surface area contributed by atoms with E-state index in [1.54, 1.807) is 20.0 Å². The van der Waals surface area contributed by atoms with Gasteiger partial charge in [-0.25, -0.2) is 9.07 Å². The van der Waals surface area contributed by atoms with Crippen molar-refractivity contribution < 1.29 is 9.50 Å². The molecule has 1 aromatic heterocycles. The van der Waals surface area contributed by atoms with Gasteiger partial charge in [-0.05, 0) is 41.9 Å². The van der Waals surface area contributed by atoms with E-state index >= 15 is 0 Å². The molecule has 0 aliphatic rings. The average molecular weight is 335 g/mol. The molecule has 0 saturated heterocycles. The molecule has 0 amide bonds. The summed E-state index contributed by atoms with van der Waals surface area (Å²) in [7, 11) is 0. The van der Waals surface area contributed by atoms with Crippen LogP contribution < -0.4 is 0 Å². The van der Waals surface area contributed by atoms with Crippen molar-refractivity contribution in [1.29, 1.82) is 0 Å². The number of halogens is 3. The van der Waals surface area contributed by atoms with Crippen molar-refractivity contribution in [3.05, 3.63) is 39.3 Å². The molecule has 0 aliphatic heterocycles. The first-order chi connectivity index (χ1) is 8.29. The smallest absolute Gasteiger partial charge is 0.125 e. The number of rotatable bonds is 2. The first-order valence-electron chi connectivity index (χ1n) is 5.09. The largest absolute Gasteiger partial charge is 0.384 e. The maximum absolute atomic E-state index is 13.1. The SMILES string of the molecule is CC(C)(O)c1cn(-c2c(Cl)cc(F)cc2Br)nn1. The zero-order valence-electron chi connectivity index (χ0n) is 9.65. The van der Waals surface area contributed by atoms with E-state index in [0.717, 1.165) is 0 Å². The summed E-state index contributed by atoms with van der Waals surface area (Å²) >= 11 is 9.19. The number of nitrogens with zero attached hydrogens (tertiary/aromatic N) is 3. The first-order valence-corrected chi connectivity index (χ1v) is 6.26. The number of aromatic nitrogens is 3. The predicted molar refractivity (Wildman–Crippen MR) is 69.3 cm³/mol. The molecule has 7 heteroatoms. The molecule has 2 aromatic rings. The molecule has 0 unspecified atom stereocenters. The molecule has 4 nitrogen and oxygen atoms in total. The van der Waals surface area contributed by atoms with Gasteiger partial charge in [0.15, 0.2) is 0 Å². The molecule has 96 valence electrons. The van der Waals surface area contributed by atoms with E-state index in [4.69, 9.17) is 11.6 Å². The minimum absolute atomic E-state index is 0.203. The minimum atomic E-state index is -1.10. The monoisotopic (exact) mass is 333 g/mol. The number of hydrogen-bond donors (Lipinski definition) is 1. The summed E-state index contributed by atoms with van der Waals surface area (Å²) in [6.07, 6.45) is 1.55. The van der Waals surface area contributed by atoms with Crippen LogP contribution in [-0.4, -0.2) is 20.1 Å². The Morgan fingerprint density at radius 3 is 2.61 bits per heavy atom. The second-order valence-corrected chi connectivity index (χ2v) is 5.59. The van der Waals surface area contributed by atoms with Crippen molar-refractivity contribution >= 4 is 27.5 Å². The predicted octanol–water partition coefficient (Wildman–Crippen LogP) is 3.05. The number of hydrogen-bond acceptors (Lipinski definition) is 3. The van der Waals surface area contributed by atoms with E-state index in [9.17, 15) is 9.50 Å². The van der Waals surface area contributed by atoms with Crippen LogP contribution in [0.5, 0.6) is 0 Å². The Morgan fingerprint density at radius 2 is 2.11 bits per heavy atom. The molecule has 2 rings (SSSR count). The lowest BCUT2D eigenvalue weighted by atomic mass is 10.1. The molecule has 0 bridgehead atoms. The average Bonchev–Trinajstić information content (AvgIpc) is 2.64. The molecular formula is C11H10BrClFN3O. The maximum Gasteiger partial charge on any atom is 0.125 e. The standard InChI is InChI=1S/C11H10BrClFN3O/c1-11(2,18)9-5-17(16-15-9)10-7(12)3-6(14)4-8(10)13/h3-5,18H,1-2H3. The molecule has 0 radical (unpaired) electrons. The summed E-state index contributed by atoms with van der Waals surface area (Å²) in [5.74, 6) is -0.446. The molecule has 1 N–H and O–H groups in total. The van der Waals surface area contributed by atoms with E-state index in [-0.39, 0.29) is 5.02 Å². The molecule has 0 aliphatic carbocycles. The van der Waals surface area contributed by atoms with Crippen molar-refractivity contribution in [1.82, 2.24) is 15.0 Å². The Hall–Kier alpha value is -0.980. The van der Waals surface area contributed by atoms with Crippen LogP contribution in [0.2, 0.25) is 5.02 Å². The van der Waals surface area contributed by atoms with Gasteiger partial charge in [-0.15, -0.1) is 5.10 Å². The van der Waals surface area contributed by atoms with E-state index in [2.05, 4.69) is 26.2 Å². The van der Waals surface area contributed by atoms with Gasteiger partial charge in [0.1, 0.15) is 17.1 Å². The summed E-state index contributed by atoms with van der Waals surface area (Å²) in [5, 5.41) is 17.7. The molecule has 1 heterocycles. The van der Waals surface area contributed by atoms with Crippen LogP contribution in [0.4, 0.5) is 4.39 Å². The van der Waals surface area contributed by atoms with Gasteiger partial charge in [0.05, 0.1) is 16.9 Å². The third kappa shape index (κ3) is 2.55. The second kappa shape index (κ2) is 4.60. The third-order valence-electron chi connectivity index (χ3n) is 2.33. The highest BCUT2D eigenvalue weighted by molar-refractivity contribution is 9.10. The van der Waals surface area contributed by atoms with Gasteiger partial charge >= 0.3 is 0 Å². The van der Waals surface area contributed by atoms with Gasteiger partial charge in [-0.2, -0.15) is 0 Å². The molecule has 18 heavy (non-hydrogen) atoms. The molecule has 0 fully saturated rings. The Bertz CT molecular complexity index is 571. The van der Waals surface area contributed by atoms with Crippen molar-refractivity contribution in [2.24, 2.45) is 0 Å². The number of aliphatic hydroxyl groups is 1. The fraction of sp³-hybridized carbons (Fsp3) is 0.273. The van der Waals surface area contributed by atoms with E-state index in [0.29, 0.717) is 15.9 Å². The molecule has 0 saturated carbocycles. The Labute approximate surface area is 117 Å². The van der Waals surface area contributed by atoms with Gasteiger partial charge in [-0.1, -0.05) is 16.8 Å². The van der Waals surface area contributed by atoms with Crippen LogP contribution in [0.15, 0.2) is 22.8 Å². The van der Waals surface area contributed by atoms with Gasteiger partial charge < -0.3 is 5.11 Å². The van der Waals surface area contributed by atoms with Crippen molar-refractivity contribution in [3.8, 4) is 5.69 Å². The molecule has 1 aromatic carbocycles. The van der Waals surface area contributed by atoms with Crippen LogP contribution in [0, 0.1) is 5.82 Å². The van der Waals surface area contributed by atoms with Gasteiger partial charge in [0.25, 0.3) is 0 Å². The minimum Gasteiger partial charge on any atom is -0.384 e. The summed E-state index contributed by atoms with van der Waals surface area (Å²) in [6, 6.07) is 2.47. The zero-order valence-corrected chi connectivity index (χ0v) is 12.0. The highest BCUT2D eigenvalue weighted by Gasteiger charge is 2.21. The van der Waals surface area contributed by atoms with E-state index in [1.165, 1.54) is 16.8 Å². The first kappa shape index (κ1) is 13.5. The zero-order chi connectivity index (χ0) is 13.5. The Balaban J connectivity index is 2.53. The fourth-order valence-corrected chi connectivity index (χ4v) is 2.43. The number of benzene rings is 1. The summed E-state index contributed by atoms with van der Waals surface area (Å²) in [6.45, 7) is 3.20. The van der Waals surface area contributed by atoms with Gasteiger partial charge in [-0.3, -0.25) is 0 Å². The van der Waals surface area contributed by atoms with Crippen LogP contribution in [0.3, 0.4) is 0 Å². The van der Waals surface area contributed by atoms with Crippen LogP contribution in [0.1, 0.15) is 19.5 Å². The Kier molecular flexibility index (Phi) is 3.44. The molecule has 0 atom stereocenters. The maximum atomic E-state index is 13.1. The highest BCUT2D eigenvalue weighted by Crippen LogP contribution is 2.30. The van der Waals surface area contributed by atoms with E-state index < -0.39 is 11.4 Å². The van der Waals surface area contributed by atoms with Crippen molar-refractivity contribution in [2.75, 3.05) is 0 Å². The lowest BCUT2D eigenvalue weighted by Crippen LogP contribution is -2.15. The lowest BCUT2D eigenvalue weighted by Gasteiger charge is -2.12. The van der Waals surface area contributed by atoms with Crippen LogP contribution in [-0.2, 0) is 5.60 Å². The normalized spacial score (nSPS) is 11.9. The Morgan fingerprint density at radius 1 is 1.44 bits per heavy atom. The summed E-state index contributed by atoms with van der Waals surface area (Å²) in [4.78, 5) is 0. The van der Waals surface area contributed by atoms with Crippen molar-refractivity contribution in [3.63, 3.8) is 0 Å². The third-order valence-corrected chi connectivity index (χ3v) is 3.22. The van der Waals surface area contributed by atoms with Crippen LogP contribution >= 0.6 is 27.5 Å². The van der Waals surface area contributed by atoms with Crippen molar-refractivity contribution in [2.45, 2.75) is 19.4 Å². The van der Waals surface area contributed by atoms with E-state index in [1.807, 2.05) is 0 Å². The lowest BCUT2D eigenvalue weighted by molar-refractivity contribution is 0.0737. The van der Waals surface area contributed by atoms with Gasteiger partial charge in [0.2, 0.25) is 0 Å². The summed E-state index contributed by atoms with van der Waals surface area (Å²) < 4.78 is 15.0. The fourth-order valence-electron chi connectivity index (χ4n) is 1.41. The molecular weight excluding hydrogens is 324 g/mol. The van der Waals surface area contributed by atoms with Gasteiger partial charge in [0, 0.05) is 4.47 Å². The quantitative estimate of drug-likeness (QED) is 0.918.